The molecule has 5 heteroatoms. The molecule has 5 nitrogen and oxygen atoms in total. The van der Waals surface area contributed by atoms with Crippen LogP contribution in [0.5, 0.6) is 11.5 Å². The zero-order valence-corrected chi connectivity index (χ0v) is 14.3. The first kappa shape index (κ1) is 16.4. The fourth-order valence-electron chi connectivity index (χ4n) is 2.77. The van der Waals surface area contributed by atoms with E-state index < -0.39 is 0 Å². The van der Waals surface area contributed by atoms with Gasteiger partial charge in [0.05, 0.1) is 12.0 Å². The van der Waals surface area contributed by atoms with Crippen molar-refractivity contribution in [1.29, 1.82) is 5.26 Å². The summed E-state index contributed by atoms with van der Waals surface area (Å²) in [5, 5.41) is 9.41. The topological polar surface area (TPSA) is 85.1 Å². The number of rotatable bonds is 4. The second-order valence-corrected chi connectivity index (χ2v) is 5.84. The molecule has 2 heterocycles. The summed E-state index contributed by atoms with van der Waals surface area (Å²) in [4.78, 5) is 4.37. The molecular weight excluding hydrogens is 338 g/mol. The number of nitrogen functional groups attached to an aromatic ring is 1. The molecular formula is C22H15N3O2. The smallest absolute Gasteiger partial charge is 0.142 e. The van der Waals surface area contributed by atoms with Gasteiger partial charge in [0.15, 0.2) is 0 Å². The van der Waals surface area contributed by atoms with Gasteiger partial charge in [0.25, 0.3) is 0 Å². The van der Waals surface area contributed by atoms with Crippen LogP contribution in [0.4, 0.5) is 5.82 Å². The molecule has 0 amide bonds. The molecule has 4 rings (SSSR count). The Balaban J connectivity index is 1.68. The second-order valence-electron chi connectivity index (χ2n) is 5.84. The fourth-order valence-corrected chi connectivity index (χ4v) is 2.77. The Bertz CT molecular complexity index is 1100. The minimum atomic E-state index is 0.172. The average molecular weight is 353 g/mol. The van der Waals surface area contributed by atoms with E-state index in [2.05, 4.69) is 11.1 Å². The molecule has 0 unspecified atom stereocenters. The van der Waals surface area contributed by atoms with Gasteiger partial charge in [-0.2, -0.15) is 5.26 Å². The second kappa shape index (κ2) is 7.06. The van der Waals surface area contributed by atoms with Gasteiger partial charge in [0, 0.05) is 11.1 Å². The molecule has 2 N–H and O–H groups in total. The van der Waals surface area contributed by atoms with Crippen molar-refractivity contribution < 1.29 is 9.15 Å². The number of furan rings is 1. The Labute approximate surface area is 156 Å². The molecule has 0 saturated carbocycles. The Morgan fingerprint density at radius 2 is 1.67 bits per heavy atom. The predicted molar refractivity (Wildman–Crippen MR) is 103 cm³/mol. The van der Waals surface area contributed by atoms with E-state index >= 15 is 0 Å². The minimum Gasteiger partial charge on any atom is -0.464 e. The first-order chi connectivity index (χ1) is 13.2. The highest BCUT2D eigenvalue weighted by atomic mass is 16.5. The van der Waals surface area contributed by atoms with Crippen molar-refractivity contribution in [2.24, 2.45) is 0 Å². The predicted octanol–water partition coefficient (Wildman–Crippen LogP) is 5.25. The number of nitrogens with zero attached hydrogens (tertiary/aromatic N) is 2. The van der Waals surface area contributed by atoms with Crippen molar-refractivity contribution in [3.63, 3.8) is 0 Å². The molecule has 0 fully saturated rings. The van der Waals surface area contributed by atoms with Crippen molar-refractivity contribution in [1.82, 2.24) is 4.98 Å². The number of aromatic nitrogens is 1. The summed E-state index contributed by atoms with van der Waals surface area (Å²) in [7, 11) is 0. The van der Waals surface area contributed by atoms with Gasteiger partial charge in [-0.15, -0.1) is 0 Å². The monoisotopic (exact) mass is 353 g/mol. The van der Waals surface area contributed by atoms with Crippen LogP contribution in [0, 0.1) is 11.3 Å². The molecule has 0 aliphatic heterocycles. The summed E-state index contributed by atoms with van der Waals surface area (Å²) in [5.74, 6) is 2.24. The molecule has 0 radical (unpaired) electrons. The van der Waals surface area contributed by atoms with Gasteiger partial charge in [-0.3, -0.25) is 0 Å². The Kier molecular flexibility index (Phi) is 4.30. The van der Waals surface area contributed by atoms with E-state index in [1.165, 1.54) is 0 Å². The average Bonchev–Trinajstić information content (AvgIpc) is 3.23. The lowest BCUT2D eigenvalue weighted by Gasteiger charge is -2.09. The highest BCUT2D eigenvalue weighted by Gasteiger charge is 2.15. The molecule has 2 aromatic heterocycles. The third-order valence-electron chi connectivity index (χ3n) is 4.07. The normalized spacial score (nSPS) is 10.3. The van der Waals surface area contributed by atoms with Crippen molar-refractivity contribution in [3.05, 3.63) is 84.6 Å². The molecule has 4 aromatic rings. The third kappa shape index (κ3) is 3.37. The van der Waals surface area contributed by atoms with Crippen LogP contribution in [0.3, 0.4) is 0 Å². The number of anilines is 1. The summed E-state index contributed by atoms with van der Waals surface area (Å²) in [5.41, 5.74) is 8.45. The molecule has 0 aliphatic rings. The lowest BCUT2D eigenvalue weighted by Crippen LogP contribution is -1.99. The van der Waals surface area contributed by atoms with Crippen LogP contribution < -0.4 is 10.5 Å². The number of para-hydroxylation sites is 1. The Morgan fingerprint density at radius 3 is 2.33 bits per heavy atom. The van der Waals surface area contributed by atoms with Crippen LogP contribution in [-0.2, 0) is 0 Å². The van der Waals surface area contributed by atoms with E-state index in [1.54, 1.807) is 24.5 Å². The Hall–Kier alpha value is -4.04. The van der Waals surface area contributed by atoms with Gasteiger partial charge in [0.1, 0.15) is 34.7 Å². The maximum atomic E-state index is 9.41. The van der Waals surface area contributed by atoms with Crippen molar-refractivity contribution in [2.75, 3.05) is 5.73 Å². The lowest BCUT2D eigenvalue weighted by molar-refractivity contribution is 0.483. The zero-order chi connectivity index (χ0) is 18.6. The molecule has 0 saturated heterocycles. The van der Waals surface area contributed by atoms with Crippen LogP contribution >= 0.6 is 0 Å². The molecule has 0 atom stereocenters. The molecule has 0 spiro atoms. The number of nitriles is 1. The SMILES string of the molecule is N#Cc1c(-c2ccco2)cc(-c2ccc(Oc3ccccc3)cc2)nc1N. The first-order valence-electron chi connectivity index (χ1n) is 8.32. The maximum Gasteiger partial charge on any atom is 0.142 e. The van der Waals surface area contributed by atoms with Gasteiger partial charge < -0.3 is 14.9 Å². The van der Waals surface area contributed by atoms with Crippen molar-refractivity contribution in [3.8, 4) is 40.1 Å². The van der Waals surface area contributed by atoms with Gasteiger partial charge in [0.2, 0.25) is 0 Å². The highest BCUT2D eigenvalue weighted by Crippen LogP contribution is 2.32. The fraction of sp³-hybridized carbons (Fsp3) is 0. The van der Waals surface area contributed by atoms with Crippen molar-refractivity contribution >= 4 is 5.82 Å². The van der Waals surface area contributed by atoms with Crippen molar-refractivity contribution in [2.45, 2.75) is 0 Å². The minimum absolute atomic E-state index is 0.172. The van der Waals surface area contributed by atoms with Gasteiger partial charge in [-0.1, -0.05) is 18.2 Å². The van der Waals surface area contributed by atoms with E-state index in [0.717, 1.165) is 17.1 Å². The summed E-state index contributed by atoms with van der Waals surface area (Å²) in [6, 6.07) is 24.6. The number of ether oxygens (including phenoxy) is 1. The summed E-state index contributed by atoms with van der Waals surface area (Å²) >= 11 is 0. The van der Waals surface area contributed by atoms with E-state index in [9.17, 15) is 5.26 Å². The van der Waals surface area contributed by atoms with E-state index in [-0.39, 0.29) is 5.82 Å². The van der Waals surface area contributed by atoms with E-state index in [4.69, 9.17) is 14.9 Å². The zero-order valence-electron chi connectivity index (χ0n) is 14.3. The lowest BCUT2D eigenvalue weighted by atomic mass is 10.0. The van der Waals surface area contributed by atoms with E-state index in [0.29, 0.717) is 22.6 Å². The molecule has 27 heavy (non-hydrogen) atoms. The highest BCUT2D eigenvalue weighted by molar-refractivity contribution is 5.78. The van der Waals surface area contributed by atoms with Crippen LogP contribution in [0.1, 0.15) is 5.56 Å². The maximum absolute atomic E-state index is 9.41. The standard InChI is InChI=1S/C22H15N3O2/c23-14-19-18(21-7-4-12-26-21)13-20(25-22(19)24)15-8-10-17(11-9-15)27-16-5-2-1-3-6-16/h1-13H,(H2,24,25). The molecule has 0 aliphatic carbocycles. The Morgan fingerprint density at radius 1 is 0.926 bits per heavy atom. The third-order valence-corrected chi connectivity index (χ3v) is 4.07. The summed E-state index contributed by atoms with van der Waals surface area (Å²) in [6.07, 6.45) is 1.56. The number of nitrogens with two attached hydrogens (primary N) is 1. The molecule has 2 aromatic carbocycles. The molecule has 130 valence electrons. The quantitative estimate of drug-likeness (QED) is 0.541. The number of hydrogen-bond donors (Lipinski definition) is 1. The van der Waals surface area contributed by atoms with Gasteiger partial charge >= 0.3 is 0 Å². The largest absolute Gasteiger partial charge is 0.464 e. The van der Waals surface area contributed by atoms with Gasteiger partial charge in [-0.25, -0.2) is 4.98 Å². The summed E-state index contributed by atoms with van der Waals surface area (Å²) < 4.78 is 11.2. The van der Waals surface area contributed by atoms with Crippen LogP contribution in [-0.4, -0.2) is 4.98 Å². The van der Waals surface area contributed by atoms with E-state index in [1.807, 2.05) is 54.6 Å². The van der Waals surface area contributed by atoms with Crippen LogP contribution in [0.15, 0.2) is 83.5 Å². The van der Waals surface area contributed by atoms with Gasteiger partial charge in [-0.05, 0) is 54.6 Å². The van der Waals surface area contributed by atoms with Crippen LogP contribution in [0.2, 0.25) is 0 Å². The summed E-state index contributed by atoms with van der Waals surface area (Å²) in [6.45, 7) is 0. The van der Waals surface area contributed by atoms with Crippen LogP contribution in [0.25, 0.3) is 22.6 Å². The number of pyridine rings is 1. The molecule has 0 bridgehead atoms. The number of benzene rings is 2. The first-order valence-corrected chi connectivity index (χ1v) is 8.32. The number of hydrogen-bond acceptors (Lipinski definition) is 5.